The average molecular weight is 404 g/mol. The lowest BCUT2D eigenvalue weighted by Gasteiger charge is -2.12. The normalized spacial score (nSPS) is 13.9. The van der Waals surface area contributed by atoms with Crippen LogP contribution in [0.2, 0.25) is 0 Å². The van der Waals surface area contributed by atoms with E-state index in [1.54, 1.807) is 18.9 Å². The Bertz CT molecular complexity index is 805. The second-order valence-electron chi connectivity index (χ2n) is 6.45. The molecule has 0 atom stereocenters. The van der Waals surface area contributed by atoms with Gasteiger partial charge in [0.05, 0.1) is 13.7 Å². The fraction of sp³-hybridized carbons (Fsp3) is 0.474. The molecule has 0 unspecified atom stereocenters. The van der Waals surface area contributed by atoms with E-state index in [1.165, 1.54) is 4.90 Å². The number of methoxy groups -OCH3 is 1. The molecular weight excluding hydrogens is 378 g/mol. The number of rotatable bonds is 10. The predicted molar refractivity (Wildman–Crippen MR) is 107 cm³/mol. The van der Waals surface area contributed by atoms with Crippen molar-refractivity contribution in [3.05, 3.63) is 24.3 Å². The van der Waals surface area contributed by atoms with Crippen LogP contribution in [-0.2, 0) is 11.3 Å². The van der Waals surface area contributed by atoms with Gasteiger partial charge in [-0.05, 0) is 37.1 Å². The molecule has 1 saturated heterocycles. The summed E-state index contributed by atoms with van der Waals surface area (Å²) in [5, 5.41) is 12.2. The zero-order chi connectivity index (χ0) is 19.9. The van der Waals surface area contributed by atoms with Crippen molar-refractivity contribution in [2.45, 2.75) is 37.9 Å². The lowest BCUT2D eigenvalue weighted by atomic mass is 10.2. The third-order valence-corrected chi connectivity index (χ3v) is 5.55. The summed E-state index contributed by atoms with van der Waals surface area (Å²) in [4.78, 5) is 24.5. The molecule has 9 heteroatoms. The quantitative estimate of drug-likeness (QED) is 0.373. The molecule has 1 aromatic carbocycles. The minimum atomic E-state index is -0.303. The lowest BCUT2D eigenvalue weighted by molar-refractivity contribution is -0.124. The van der Waals surface area contributed by atoms with E-state index in [0.717, 1.165) is 47.4 Å². The zero-order valence-corrected chi connectivity index (χ0v) is 17.0. The number of unbranched alkanes of at least 4 members (excludes halogenated alkanes) is 1. The van der Waals surface area contributed by atoms with Gasteiger partial charge in [-0.2, -0.15) is 0 Å². The number of aromatic nitrogens is 3. The predicted octanol–water partition coefficient (Wildman–Crippen LogP) is 2.79. The highest BCUT2D eigenvalue weighted by Gasteiger charge is 2.27. The van der Waals surface area contributed by atoms with Crippen LogP contribution in [0.5, 0.6) is 5.75 Å². The Morgan fingerprint density at radius 3 is 2.57 bits per heavy atom. The van der Waals surface area contributed by atoms with Crippen LogP contribution in [0, 0.1) is 0 Å². The van der Waals surface area contributed by atoms with Gasteiger partial charge in [0.1, 0.15) is 5.75 Å². The summed E-state index contributed by atoms with van der Waals surface area (Å²) in [5.74, 6) is 2.23. The molecule has 3 rings (SSSR count). The van der Waals surface area contributed by atoms with Crippen molar-refractivity contribution in [1.29, 1.82) is 0 Å². The number of ether oxygens (including phenoxy) is 1. The summed E-state index contributed by atoms with van der Waals surface area (Å²) in [7, 11) is 1.65. The molecule has 0 spiro atoms. The van der Waals surface area contributed by atoms with Gasteiger partial charge in [0.25, 0.3) is 0 Å². The van der Waals surface area contributed by atoms with E-state index in [4.69, 9.17) is 4.74 Å². The van der Waals surface area contributed by atoms with Crippen molar-refractivity contribution in [3.8, 4) is 17.1 Å². The van der Waals surface area contributed by atoms with Gasteiger partial charge in [-0.1, -0.05) is 25.1 Å². The van der Waals surface area contributed by atoms with E-state index < -0.39 is 0 Å². The molecule has 1 aliphatic heterocycles. The van der Waals surface area contributed by atoms with Crippen LogP contribution < -0.4 is 10.1 Å². The standard InChI is InChI=1S/C19H25N5O3S/c1-3-4-10-24-17(14-6-8-15(27-2)9-7-14)21-22-19(24)28-12-5-11-23-16(25)13-20-18(23)26/h6-9H,3-5,10-13H2,1-2H3,(H,20,26). The van der Waals surface area contributed by atoms with Gasteiger partial charge >= 0.3 is 6.03 Å². The maximum atomic E-state index is 11.6. The Kier molecular flexibility index (Phi) is 6.91. The van der Waals surface area contributed by atoms with Gasteiger partial charge in [0.2, 0.25) is 5.91 Å². The van der Waals surface area contributed by atoms with Gasteiger partial charge in [0, 0.05) is 24.4 Å². The van der Waals surface area contributed by atoms with Crippen molar-refractivity contribution in [1.82, 2.24) is 25.0 Å². The Labute approximate surface area is 168 Å². The number of imide groups is 1. The van der Waals surface area contributed by atoms with Crippen LogP contribution in [-0.4, -0.2) is 57.6 Å². The molecule has 1 aromatic heterocycles. The molecule has 1 N–H and O–H groups in total. The van der Waals surface area contributed by atoms with Gasteiger partial charge in [0.15, 0.2) is 11.0 Å². The van der Waals surface area contributed by atoms with Gasteiger partial charge in [-0.3, -0.25) is 9.69 Å². The number of nitrogens with one attached hydrogen (secondary N) is 1. The minimum absolute atomic E-state index is 0.0997. The van der Waals surface area contributed by atoms with Crippen LogP contribution in [0.3, 0.4) is 0 Å². The van der Waals surface area contributed by atoms with Crippen LogP contribution in [0.4, 0.5) is 4.79 Å². The van der Waals surface area contributed by atoms with E-state index >= 15 is 0 Å². The van der Waals surface area contributed by atoms with Crippen molar-refractivity contribution in [2.24, 2.45) is 0 Å². The molecule has 3 amide bonds. The Morgan fingerprint density at radius 2 is 1.93 bits per heavy atom. The molecule has 2 heterocycles. The molecule has 0 aliphatic carbocycles. The third kappa shape index (κ3) is 4.64. The maximum Gasteiger partial charge on any atom is 0.324 e. The highest BCUT2D eigenvalue weighted by molar-refractivity contribution is 7.99. The molecule has 0 saturated carbocycles. The van der Waals surface area contributed by atoms with Crippen LogP contribution in [0.15, 0.2) is 29.4 Å². The maximum absolute atomic E-state index is 11.6. The second-order valence-corrected chi connectivity index (χ2v) is 7.51. The van der Waals surface area contributed by atoms with Gasteiger partial charge in [-0.25, -0.2) is 4.79 Å². The molecular formula is C19H25N5O3S. The summed E-state index contributed by atoms with van der Waals surface area (Å²) >= 11 is 1.60. The van der Waals surface area contributed by atoms with Crippen LogP contribution in [0.25, 0.3) is 11.4 Å². The van der Waals surface area contributed by atoms with Crippen LogP contribution >= 0.6 is 11.8 Å². The van der Waals surface area contributed by atoms with Crippen molar-refractivity contribution in [3.63, 3.8) is 0 Å². The van der Waals surface area contributed by atoms with Crippen molar-refractivity contribution in [2.75, 3.05) is 26.0 Å². The molecule has 0 bridgehead atoms. The molecule has 0 radical (unpaired) electrons. The zero-order valence-electron chi connectivity index (χ0n) is 16.2. The molecule has 28 heavy (non-hydrogen) atoms. The first-order chi connectivity index (χ1) is 13.6. The van der Waals surface area contributed by atoms with Gasteiger partial charge in [-0.15, -0.1) is 10.2 Å². The monoisotopic (exact) mass is 403 g/mol. The number of hydrogen-bond donors (Lipinski definition) is 1. The highest BCUT2D eigenvalue weighted by Crippen LogP contribution is 2.26. The van der Waals surface area contributed by atoms with E-state index in [2.05, 4.69) is 27.0 Å². The largest absolute Gasteiger partial charge is 0.497 e. The number of urea groups is 1. The number of carbonyl (C=O) groups is 2. The van der Waals surface area contributed by atoms with Gasteiger partial charge < -0.3 is 14.6 Å². The molecule has 1 fully saturated rings. The number of benzene rings is 1. The summed E-state index contributed by atoms with van der Waals surface area (Å²) in [5.41, 5.74) is 0.996. The topological polar surface area (TPSA) is 89.4 Å². The first-order valence-corrected chi connectivity index (χ1v) is 10.4. The summed E-state index contributed by atoms with van der Waals surface area (Å²) in [6, 6.07) is 7.50. The number of nitrogens with zero attached hydrogens (tertiary/aromatic N) is 4. The first kappa shape index (κ1) is 20.2. The number of hydrogen-bond acceptors (Lipinski definition) is 6. The Hall–Kier alpha value is -2.55. The minimum Gasteiger partial charge on any atom is -0.497 e. The van der Waals surface area contributed by atoms with E-state index in [0.29, 0.717) is 13.0 Å². The van der Waals surface area contributed by atoms with E-state index in [9.17, 15) is 9.59 Å². The SMILES string of the molecule is CCCCn1c(SCCCN2C(=O)CNC2=O)nnc1-c1ccc(OC)cc1. The highest BCUT2D eigenvalue weighted by atomic mass is 32.2. The molecule has 8 nitrogen and oxygen atoms in total. The van der Waals surface area contributed by atoms with E-state index in [-0.39, 0.29) is 18.5 Å². The second kappa shape index (κ2) is 9.59. The number of thioether (sulfide) groups is 1. The first-order valence-electron chi connectivity index (χ1n) is 9.42. The summed E-state index contributed by atoms with van der Waals surface area (Å²) in [6.07, 6.45) is 2.83. The smallest absolute Gasteiger partial charge is 0.324 e. The average Bonchev–Trinajstić information content (AvgIpc) is 3.26. The number of amides is 3. The van der Waals surface area contributed by atoms with Crippen LogP contribution in [0.1, 0.15) is 26.2 Å². The fourth-order valence-corrected chi connectivity index (χ4v) is 3.82. The third-order valence-electron chi connectivity index (χ3n) is 4.49. The molecule has 1 aliphatic rings. The lowest BCUT2D eigenvalue weighted by Crippen LogP contribution is -2.32. The summed E-state index contributed by atoms with van der Waals surface area (Å²) < 4.78 is 7.37. The van der Waals surface area contributed by atoms with Crippen molar-refractivity contribution < 1.29 is 14.3 Å². The van der Waals surface area contributed by atoms with E-state index in [1.807, 2.05) is 24.3 Å². The summed E-state index contributed by atoms with van der Waals surface area (Å²) in [6.45, 7) is 3.52. The van der Waals surface area contributed by atoms with Crippen molar-refractivity contribution >= 4 is 23.7 Å². The molecule has 150 valence electrons. The Balaban J connectivity index is 1.65. The number of carbonyl (C=O) groups excluding carboxylic acids is 2. The fourth-order valence-electron chi connectivity index (χ4n) is 2.93. The Morgan fingerprint density at radius 1 is 1.14 bits per heavy atom. The molecule has 2 aromatic rings.